The summed E-state index contributed by atoms with van der Waals surface area (Å²) in [4.78, 5) is 35.1. The topological polar surface area (TPSA) is 92.7 Å². The van der Waals surface area contributed by atoms with Gasteiger partial charge in [-0.25, -0.2) is 9.97 Å². The molecule has 0 spiro atoms. The molecule has 0 atom stereocenters. The van der Waals surface area contributed by atoms with Crippen LogP contribution in [0.15, 0.2) is 47.5 Å². The Morgan fingerprint density at radius 3 is 2.85 bits per heavy atom. The summed E-state index contributed by atoms with van der Waals surface area (Å²) in [5, 5.41) is 2.80. The summed E-state index contributed by atoms with van der Waals surface area (Å²) in [7, 11) is 0. The average Bonchev–Trinajstić information content (AvgIpc) is 3.09. The van der Waals surface area contributed by atoms with Crippen LogP contribution in [0, 0.1) is 6.92 Å². The van der Waals surface area contributed by atoms with Gasteiger partial charge in [-0.15, -0.1) is 0 Å². The van der Waals surface area contributed by atoms with Crippen molar-refractivity contribution in [3.05, 3.63) is 70.2 Å². The number of aromatic nitrogens is 4. The summed E-state index contributed by atoms with van der Waals surface area (Å²) in [6.07, 6.45) is 3.68. The summed E-state index contributed by atoms with van der Waals surface area (Å²) in [5.74, 6) is 1.11. The molecular formula is C19H21N5O2. The Hall–Kier alpha value is -3.22. The van der Waals surface area contributed by atoms with Gasteiger partial charge in [0.15, 0.2) is 0 Å². The second kappa shape index (κ2) is 7.35. The third-order valence-corrected chi connectivity index (χ3v) is 3.95. The third kappa shape index (κ3) is 3.88. The van der Waals surface area contributed by atoms with Crippen molar-refractivity contribution in [3.63, 3.8) is 0 Å². The molecule has 0 fully saturated rings. The Morgan fingerprint density at radius 2 is 2.12 bits per heavy atom. The van der Waals surface area contributed by atoms with Crippen LogP contribution in [0.25, 0.3) is 11.4 Å². The molecule has 0 saturated heterocycles. The molecule has 3 aromatic rings. The Bertz CT molecular complexity index is 987. The quantitative estimate of drug-likeness (QED) is 0.738. The predicted molar refractivity (Wildman–Crippen MR) is 98.8 cm³/mol. The fraction of sp³-hybridized carbons (Fsp3) is 0.263. The van der Waals surface area contributed by atoms with Gasteiger partial charge in [0.25, 0.3) is 11.5 Å². The van der Waals surface area contributed by atoms with E-state index < -0.39 is 0 Å². The van der Waals surface area contributed by atoms with Crippen LogP contribution in [-0.2, 0) is 6.54 Å². The minimum absolute atomic E-state index is 0.189. The van der Waals surface area contributed by atoms with Crippen molar-refractivity contribution in [3.8, 4) is 11.4 Å². The number of imidazole rings is 1. The molecule has 0 radical (unpaired) electrons. The Labute approximate surface area is 151 Å². The highest BCUT2D eigenvalue weighted by Gasteiger charge is 2.12. The lowest BCUT2D eigenvalue weighted by Gasteiger charge is -2.12. The zero-order valence-electron chi connectivity index (χ0n) is 15.0. The van der Waals surface area contributed by atoms with Crippen LogP contribution in [0.4, 0.5) is 0 Å². The number of carbonyl (C=O) groups excluding carboxylic acids is 1. The number of H-pyrrole nitrogens is 1. The van der Waals surface area contributed by atoms with E-state index in [1.165, 1.54) is 6.07 Å². The maximum Gasteiger partial charge on any atom is 0.251 e. The number of nitrogens with zero attached hydrogens (tertiary/aromatic N) is 3. The molecule has 7 nitrogen and oxygen atoms in total. The van der Waals surface area contributed by atoms with Crippen molar-refractivity contribution >= 4 is 5.91 Å². The summed E-state index contributed by atoms with van der Waals surface area (Å²) in [6, 6.07) is 8.97. The largest absolute Gasteiger partial charge is 0.346 e. The van der Waals surface area contributed by atoms with Crippen LogP contribution in [0.1, 0.15) is 41.8 Å². The Balaban J connectivity index is 1.78. The summed E-state index contributed by atoms with van der Waals surface area (Å²) in [5.41, 5.74) is 1.69. The molecule has 3 rings (SSSR count). The van der Waals surface area contributed by atoms with Crippen LogP contribution in [-0.4, -0.2) is 25.4 Å². The highest BCUT2D eigenvalue weighted by Crippen LogP contribution is 2.22. The first kappa shape index (κ1) is 17.6. The number of carbonyl (C=O) groups is 1. The molecule has 1 aromatic carbocycles. The molecular weight excluding hydrogens is 330 g/mol. The van der Waals surface area contributed by atoms with Gasteiger partial charge >= 0.3 is 0 Å². The third-order valence-electron chi connectivity index (χ3n) is 3.95. The standard InChI is InChI=1S/C19H21N5O2/c1-12(2)24-8-7-20-18(24)14-5-4-6-15(9-14)19(26)21-11-16-10-17(25)23-13(3)22-16/h4-10,12H,11H2,1-3H3,(H,21,26)(H,22,23,25). The molecule has 0 aliphatic carbocycles. The van der Waals surface area contributed by atoms with E-state index in [1.807, 2.05) is 24.4 Å². The normalized spacial score (nSPS) is 10.9. The molecule has 0 aliphatic heterocycles. The molecule has 2 N–H and O–H groups in total. The Morgan fingerprint density at radius 1 is 1.31 bits per heavy atom. The van der Waals surface area contributed by atoms with Gasteiger partial charge in [0.05, 0.1) is 12.2 Å². The number of hydrogen-bond acceptors (Lipinski definition) is 4. The minimum atomic E-state index is -0.232. The fourth-order valence-electron chi connectivity index (χ4n) is 2.76. The number of rotatable bonds is 5. The molecule has 0 saturated carbocycles. The summed E-state index contributed by atoms with van der Waals surface area (Å²) >= 11 is 0. The van der Waals surface area contributed by atoms with E-state index in [4.69, 9.17) is 0 Å². The van der Waals surface area contributed by atoms with Crippen molar-refractivity contribution in [1.82, 2.24) is 24.8 Å². The first-order chi connectivity index (χ1) is 12.4. The number of aryl methyl sites for hydroxylation is 1. The number of hydrogen-bond donors (Lipinski definition) is 2. The van der Waals surface area contributed by atoms with Gasteiger partial charge in [-0.3, -0.25) is 9.59 Å². The van der Waals surface area contributed by atoms with Crippen LogP contribution in [0.2, 0.25) is 0 Å². The predicted octanol–water partition coefficient (Wildman–Crippen LogP) is 2.45. The van der Waals surface area contributed by atoms with Crippen LogP contribution in [0.5, 0.6) is 0 Å². The summed E-state index contributed by atoms with van der Waals surface area (Å²) in [6.45, 7) is 6.05. The van der Waals surface area contributed by atoms with Gasteiger partial charge < -0.3 is 14.9 Å². The van der Waals surface area contributed by atoms with Crippen molar-refractivity contribution in [2.45, 2.75) is 33.4 Å². The highest BCUT2D eigenvalue weighted by molar-refractivity contribution is 5.95. The highest BCUT2D eigenvalue weighted by atomic mass is 16.1. The molecule has 0 aliphatic rings. The van der Waals surface area contributed by atoms with Gasteiger partial charge in [0, 0.05) is 35.6 Å². The molecule has 26 heavy (non-hydrogen) atoms. The second-order valence-electron chi connectivity index (χ2n) is 6.34. The maximum absolute atomic E-state index is 12.5. The van der Waals surface area contributed by atoms with E-state index in [-0.39, 0.29) is 24.1 Å². The fourth-order valence-corrected chi connectivity index (χ4v) is 2.76. The second-order valence-corrected chi connectivity index (χ2v) is 6.34. The number of aromatic amines is 1. The van der Waals surface area contributed by atoms with E-state index in [0.29, 0.717) is 17.1 Å². The van der Waals surface area contributed by atoms with Gasteiger partial charge in [-0.2, -0.15) is 0 Å². The first-order valence-corrected chi connectivity index (χ1v) is 8.42. The van der Waals surface area contributed by atoms with E-state index in [2.05, 4.69) is 38.7 Å². The van der Waals surface area contributed by atoms with Crippen LogP contribution >= 0.6 is 0 Å². The van der Waals surface area contributed by atoms with Gasteiger partial charge in [-0.05, 0) is 32.9 Å². The van der Waals surface area contributed by atoms with Gasteiger partial charge in [0.1, 0.15) is 11.6 Å². The molecule has 0 bridgehead atoms. The van der Waals surface area contributed by atoms with Crippen LogP contribution in [0.3, 0.4) is 0 Å². The SMILES string of the molecule is Cc1nc(CNC(=O)c2cccc(-c3nccn3C(C)C)c2)cc(=O)[nH]1. The molecule has 1 amide bonds. The lowest BCUT2D eigenvalue weighted by atomic mass is 10.1. The smallest absolute Gasteiger partial charge is 0.251 e. The summed E-state index contributed by atoms with van der Waals surface area (Å²) < 4.78 is 2.06. The first-order valence-electron chi connectivity index (χ1n) is 8.42. The molecule has 2 heterocycles. The van der Waals surface area contributed by atoms with E-state index in [9.17, 15) is 9.59 Å². The van der Waals surface area contributed by atoms with Gasteiger partial charge in [-0.1, -0.05) is 12.1 Å². The molecule has 7 heteroatoms. The Kier molecular flexibility index (Phi) is 4.97. The number of benzene rings is 1. The lowest BCUT2D eigenvalue weighted by molar-refractivity contribution is 0.0950. The zero-order chi connectivity index (χ0) is 18.7. The van der Waals surface area contributed by atoms with Crippen LogP contribution < -0.4 is 10.9 Å². The minimum Gasteiger partial charge on any atom is -0.346 e. The molecule has 134 valence electrons. The van der Waals surface area contributed by atoms with Crippen molar-refractivity contribution in [2.24, 2.45) is 0 Å². The van der Waals surface area contributed by atoms with Gasteiger partial charge in [0.2, 0.25) is 0 Å². The average molecular weight is 351 g/mol. The van der Waals surface area contributed by atoms with Crippen molar-refractivity contribution in [2.75, 3.05) is 0 Å². The monoisotopic (exact) mass is 351 g/mol. The van der Waals surface area contributed by atoms with E-state index in [0.717, 1.165) is 11.4 Å². The number of amides is 1. The van der Waals surface area contributed by atoms with Crippen molar-refractivity contribution < 1.29 is 4.79 Å². The lowest BCUT2D eigenvalue weighted by Crippen LogP contribution is -2.24. The van der Waals surface area contributed by atoms with E-state index >= 15 is 0 Å². The number of nitrogens with one attached hydrogen (secondary N) is 2. The molecule has 2 aromatic heterocycles. The maximum atomic E-state index is 12.5. The zero-order valence-corrected chi connectivity index (χ0v) is 15.0. The van der Waals surface area contributed by atoms with E-state index in [1.54, 1.807) is 19.2 Å². The van der Waals surface area contributed by atoms with Crippen molar-refractivity contribution in [1.29, 1.82) is 0 Å². The molecule has 0 unspecified atom stereocenters.